The van der Waals surface area contributed by atoms with Gasteiger partial charge in [0.05, 0.1) is 6.07 Å². The number of rotatable bonds is 6. The highest BCUT2D eigenvalue weighted by Crippen LogP contribution is 1.88. The lowest BCUT2D eigenvalue weighted by molar-refractivity contribution is 0.131. The first-order valence-electron chi connectivity index (χ1n) is 3.56. The van der Waals surface area contributed by atoms with Crippen LogP contribution in [-0.4, -0.2) is 19.8 Å². The molecule has 0 rings (SSSR count). The Hall–Kier alpha value is -0.590. The fourth-order valence-electron chi connectivity index (χ4n) is 0.541. The first-order valence-corrected chi connectivity index (χ1v) is 3.56. The van der Waals surface area contributed by atoms with Gasteiger partial charge in [-0.25, -0.2) is 0 Å². The van der Waals surface area contributed by atoms with Crippen LogP contribution in [0.25, 0.3) is 0 Å². The molecule has 0 bridgehead atoms. The standard InChI is InChI=1S/C7H14N2O/c8-4-1-2-6-10-7-3-5-9/h1-3,5-7,9H2. The molecule has 3 heteroatoms. The number of nitrogens with zero attached hydrogens (tertiary/aromatic N) is 1. The molecule has 0 aliphatic heterocycles. The molecule has 0 aliphatic rings. The van der Waals surface area contributed by atoms with E-state index in [4.69, 9.17) is 15.7 Å². The van der Waals surface area contributed by atoms with Gasteiger partial charge in [0.15, 0.2) is 0 Å². The van der Waals surface area contributed by atoms with Crippen LogP contribution in [0.15, 0.2) is 0 Å². The Morgan fingerprint density at radius 3 is 2.60 bits per heavy atom. The third-order valence-corrected chi connectivity index (χ3v) is 1.07. The second kappa shape index (κ2) is 8.41. The average molecular weight is 142 g/mol. The van der Waals surface area contributed by atoms with Crippen molar-refractivity contribution in [1.82, 2.24) is 0 Å². The van der Waals surface area contributed by atoms with Crippen molar-refractivity contribution in [2.75, 3.05) is 19.8 Å². The maximum atomic E-state index is 8.14. The second-order valence-electron chi connectivity index (χ2n) is 2.02. The van der Waals surface area contributed by atoms with E-state index in [0.717, 1.165) is 19.4 Å². The van der Waals surface area contributed by atoms with Crippen LogP contribution in [0.3, 0.4) is 0 Å². The Labute approximate surface area is 61.8 Å². The van der Waals surface area contributed by atoms with Crippen molar-refractivity contribution in [3.8, 4) is 6.07 Å². The molecule has 0 unspecified atom stereocenters. The van der Waals surface area contributed by atoms with Crippen LogP contribution in [0.4, 0.5) is 0 Å². The van der Waals surface area contributed by atoms with Crippen LogP contribution >= 0.6 is 0 Å². The van der Waals surface area contributed by atoms with E-state index in [1.807, 2.05) is 0 Å². The number of hydrogen-bond donors (Lipinski definition) is 1. The third kappa shape index (κ3) is 7.41. The van der Waals surface area contributed by atoms with Gasteiger partial charge in [0.2, 0.25) is 0 Å². The lowest BCUT2D eigenvalue weighted by atomic mass is 10.3. The predicted octanol–water partition coefficient (Wildman–Crippen LogP) is 0.656. The molecule has 0 fully saturated rings. The van der Waals surface area contributed by atoms with Crippen molar-refractivity contribution in [1.29, 1.82) is 5.26 Å². The van der Waals surface area contributed by atoms with E-state index in [1.54, 1.807) is 0 Å². The van der Waals surface area contributed by atoms with Gasteiger partial charge in [0.25, 0.3) is 0 Å². The molecule has 10 heavy (non-hydrogen) atoms. The number of hydrogen-bond acceptors (Lipinski definition) is 3. The van der Waals surface area contributed by atoms with Crippen LogP contribution in [0.1, 0.15) is 19.3 Å². The highest BCUT2D eigenvalue weighted by Gasteiger charge is 1.86. The molecule has 0 heterocycles. The molecule has 0 saturated heterocycles. The minimum absolute atomic E-state index is 0.586. The lowest BCUT2D eigenvalue weighted by Crippen LogP contribution is -2.04. The van der Waals surface area contributed by atoms with Crippen molar-refractivity contribution in [3.05, 3.63) is 0 Å². The van der Waals surface area contributed by atoms with Crippen LogP contribution in [0.2, 0.25) is 0 Å². The summed E-state index contributed by atoms with van der Waals surface area (Å²) < 4.78 is 5.14. The van der Waals surface area contributed by atoms with Gasteiger partial charge in [-0.1, -0.05) is 0 Å². The van der Waals surface area contributed by atoms with Crippen LogP contribution in [0.5, 0.6) is 0 Å². The van der Waals surface area contributed by atoms with E-state index in [0.29, 0.717) is 19.6 Å². The molecule has 0 aliphatic carbocycles. The molecule has 0 aromatic carbocycles. The molecule has 0 aromatic rings. The normalized spacial score (nSPS) is 9.20. The Morgan fingerprint density at radius 2 is 2.00 bits per heavy atom. The highest BCUT2D eigenvalue weighted by atomic mass is 16.5. The van der Waals surface area contributed by atoms with Crippen LogP contribution < -0.4 is 5.73 Å². The molecular weight excluding hydrogens is 128 g/mol. The van der Waals surface area contributed by atoms with Gasteiger partial charge in [-0.05, 0) is 19.4 Å². The van der Waals surface area contributed by atoms with E-state index in [9.17, 15) is 0 Å². The van der Waals surface area contributed by atoms with Crippen molar-refractivity contribution >= 4 is 0 Å². The van der Waals surface area contributed by atoms with Crippen molar-refractivity contribution in [3.63, 3.8) is 0 Å². The van der Waals surface area contributed by atoms with Crippen molar-refractivity contribution in [2.45, 2.75) is 19.3 Å². The van der Waals surface area contributed by atoms with E-state index in [2.05, 4.69) is 6.07 Å². The van der Waals surface area contributed by atoms with Gasteiger partial charge in [-0.3, -0.25) is 0 Å². The predicted molar refractivity (Wildman–Crippen MR) is 39.3 cm³/mol. The zero-order valence-corrected chi connectivity index (χ0v) is 6.18. The van der Waals surface area contributed by atoms with E-state index in [1.165, 1.54) is 0 Å². The minimum atomic E-state index is 0.586. The molecule has 2 N–H and O–H groups in total. The first kappa shape index (κ1) is 9.41. The fraction of sp³-hybridized carbons (Fsp3) is 0.857. The van der Waals surface area contributed by atoms with Gasteiger partial charge >= 0.3 is 0 Å². The number of ether oxygens (including phenoxy) is 1. The maximum absolute atomic E-state index is 8.14. The van der Waals surface area contributed by atoms with Gasteiger partial charge in [0.1, 0.15) is 0 Å². The molecule has 0 aromatic heterocycles. The van der Waals surface area contributed by atoms with Crippen molar-refractivity contribution in [2.24, 2.45) is 5.73 Å². The van der Waals surface area contributed by atoms with E-state index in [-0.39, 0.29) is 0 Å². The van der Waals surface area contributed by atoms with Crippen LogP contribution in [-0.2, 0) is 4.74 Å². The zero-order valence-electron chi connectivity index (χ0n) is 6.18. The summed E-state index contributed by atoms with van der Waals surface area (Å²) in [4.78, 5) is 0. The fourth-order valence-corrected chi connectivity index (χ4v) is 0.541. The SMILES string of the molecule is N#CCCCOCCCN. The molecule has 0 radical (unpaired) electrons. The third-order valence-electron chi connectivity index (χ3n) is 1.07. The number of nitriles is 1. The second-order valence-corrected chi connectivity index (χ2v) is 2.02. The summed E-state index contributed by atoms with van der Waals surface area (Å²) in [5, 5.41) is 8.14. The molecule has 0 atom stereocenters. The quantitative estimate of drug-likeness (QED) is 0.554. The monoisotopic (exact) mass is 142 g/mol. The van der Waals surface area contributed by atoms with Crippen LogP contribution in [0, 0.1) is 11.3 Å². The molecular formula is C7H14N2O. The number of unbranched alkanes of at least 4 members (excludes halogenated alkanes) is 1. The van der Waals surface area contributed by atoms with E-state index < -0.39 is 0 Å². The Balaban J connectivity index is 2.72. The zero-order chi connectivity index (χ0) is 7.66. The summed E-state index contributed by atoms with van der Waals surface area (Å²) in [5.41, 5.74) is 5.24. The maximum Gasteiger partial charge on any atom is 0.0622 e. The first-order chi connectivity index (χ1) is 4.91. The summed E-state index contributed by atoms with van der Waals surface area (Å²) >= 11 is 0. The van der Waals surface area contributed by atoms with E-state index >= 15 is 0 Å². The summed E-state index contributed by atoms with van der Waals surface area (Å²) in [6, 6.07) is 2.05. The molecule has 0 amide bonds. The largest absolute Gasteiger partial charge is 0.381 e. The molecule has 58 valence electrons. The average Bonchev–Trinajstić information content (AvgIpc) is 1.97. The lowest BCUT2D eigenvalue weighted by Gasteiger charge is -1.99. The Morgan fingerprint density at radius 1 is 1.30 bits per heavy atom. The minimum Gasteiger partial charge on any atom is -0.381 e. The summed E-state index contributed by atoms with van der Waals surface area (Å²) in [5.74, 6) is 0. The topological polar surface area (TPSA) is 59.0 Å². The molecule has 0 saturated carbocycles. The molecule has 0 spiro atoms. The van der Waals surface area contributed by atoms with Gasteiger partial charge in [0, 0.05) is 19.6 Å². The number of nitrogens with two attached hydrogens (primary N) is 1. The highest BCUT2D eigenvalue weighted by molar-refractivity contribution is 4.67. The molecule has 3 nitrogen and oxygen atoms in total. The van der Waals surface area contributed by atoms with Gasteiger partial charge in [-0.2, -0.15) is 5.26 Å². The smallest absolute Gasteiger partial charge is 0.0622 e. The summed E-state index contributed by atoms with van der Waals surface area (Å²) in [7, 11) is 0. The summed E-state index contributed by atoms with van der Waals surface area (Å²) in [6.45, 7) is 2.09. The summed E-state index contributed by atoms with van der Waals surface area (Å²) in [6.07, 6.45) is 2.33. The van der Waals surface area contributed by atoms with Gasteiger partial charge < -0.3 is 10.5 Å². The van der Waals surface area contributed by atoms with Gasteiger partial charge in [-0.15, -0.1) is 0 Å². The Bertz CT molecular complexity index is 98.3. The Kier molecular flexibility index (Phi) is 7.91. The van der Waals surface area contributed by atoms with Crippen molar-refractivity contribution < 1.29 is 4.74 Å².